The molecule has 1 rings (SSSR count). The van der Waals surface area contributed by atoms with E-state index in [-0.39, 0.29) is 5.97 Å². The molecule has 1 aliphatic heterocycles. The predicted molar refractivity (Wildman–Crippen MR) is 77.0 cm³/mol. The molecule has 1 aliphatic rings. The highest BCUT2D eigenvalue weighted by Crippen LogP contribution is 2.16. The summed E-state index contributed by atoms with van der Waals surface area (Å²) in [7, 11) is 4.27. The minimum Gasteiger partial charge on any atom is -0.465 e. The maximum Gasteiger partial charge on any atom is 0.325 e. The van der Waals surface area contributed by atoms with Crippen molar-refractivity contribution in [2.75, 3.05) is 40.3 Å². The SMILES string of the molecule is CCOC(=O)C(C)(N)CCN1CCC(N(C)C)CC1. The standard InChI is InChI=1S/C14H29N3O2/c1-5-19-13(18)14(2,15)8-11-17-9-6-12(7-10-17)16(3)4/h12H,5-11,15H2,1-4H3. The summed E-state index contributed by atoms with van der Waals surface area (Å²) in [4.78, 5) is 16.4. The van der Waals surface area contributed by atoms with Crippen molar-refractivity contribution in [3.8, 4) is 0 Å². The van der Waals surface area contributed by atoms with Gasteiger partial charge in [0.05, 0.1) is 6.61 Å². The van der Waals surface area contributed by atoms with Gasteiger partial charge in [-0.2, -0.15) is 0 Å². The monoisotopic (exact) mass is 271 g/mol. The van der Waals surface area contributed by atoms with Crippen LogP contribution in [0.1, 0.15) is 33.1 Å². The Morgan fingerprint density at radius 1 is 1.42 bits per heavy atom. The summed E-state index contributed by atoms with van der Waals surface area (Å²) in [5.74, 6) is -0.293. The smallest absolute Gasteiger partial charge is 0.325 e. The Hall–Kier alpha value is -0.650. The van der Waals surface area contributed by atoms with Gasteiger partial charge in [-0.15, -0.1) is 0 Å². The van der Waals surface area contributed by atoms with E-state index in [9.17, 15) is 4.79 Å². The molecule has 1 fully saturated rings. The molecule has 0 aliphatic carbocycles. The quantitative estimate of drug-likeness (QED) is 0.720. The molecule has 112 valence electrons. The second-order valence-electron chi connectivity index (χ2n) is 5.92. The van der Waals surface area contributed by atoms with Crippen LogP contribution in [0.4, 0.5) is 0 Å². The molecule has 0 amide bonds. The van der Waals surface area contributed by atoms with Crippen molar-refractivity contribution in [3.05, 3.63) is 0 Å². The highest BCUT2D eigenvalue weighted by atomic mass is 16.5. The lowest BCUT2D eigenvalue weighted by Crippen LogP contribution is -2.50. The third-order valence-corrected chi connectivity index (χ3v) is 3.98. The molecule has 19 heavy (non-hydrogen) atoms. The zero-order valence-corrected chi connectivity index (χ0v) is 12.8. The molecule has 0 saturated carbocycles. The van der Waals surface area contributed by atoms with Crippen LogP contribution in [-0.2, 0) is 9.53 Å². The number of ether oxygens (including phenoxy) is 1. The van der Waals surface area contributed by atoms with Crippen LogP contribution in [0.25, 0.3) is 0 Å². The van der Waals surface area contributed by atoms with Gasteiger partial charge in [0.25, 0.3) is 0 Å². The van der Waals surface area contributed by atoms with Crippen molar-refractivity contribution in [1.82, 2.24) is 9.80 Å². The normalized spacial score (nSPS) is 21.4. The van der Waals surface area contributed by atoms with Crippen LogP contribution < -0.4 is 5.73 Å². The van der Waals surface area contributed by atoms with Gasteiger partial charge in [-0.25, -0.2) is 0 Å². The van der Waals surface area contributed by atoms with Gasteiger partial charge in [0.2, 0.25) is 0 Å². The van der Waals surface area contributed by atoms with Gasteiger partial charge in [0, 0.05) is 12.6 Å². The number of nitrogens with two attached hydrogens (primary N) is 1. The van der Waals surface area contributed by atoms with Crippen LogP contribution in [-0.4, -0.2) is 67.7 Å². The molecule has 0 aromatic carbocycles. The average Bonchev–Trinajstić information content (AvgIpc) is 2.37. The van der Waals surface area contributed by atoms with Crippen LogP contribution in [0.15, 0.2) is 0 Å². The minimum atomic E-state index is -0.867. The van der Waals surface area contributed by atoms with Crippen molar-refractivity contribution < 1.29 is 9.53 Å². The first-order valence-electron chi connectivity index (χ1n) is 7.21. The van der Waals surface area contributed by atoms with Crippen molar-refractivity contribution in [2.24, 2.45) is 5.73 Å². The van der Waals surface area contributed by atoms with E-state index in [1.807, 2.05) is 0 Å². The van der Waals surface area contributed by atoms with Crippen molar-refractivity contribution in [2.45, 2.75) is 44.7 Å². The van der Waals surface area contributed by atoms with Crippen LogP contribution in [0.2, 0.25) is 0 Å². The second kappa shape index (κ2) is 7.22. The van der Waals surface area contributed by atoms with Crippen LogP contribution >= 0.6 is 0 Å². The van der Waals surface area contributed by atoms with Gasteiger partial charge in [-0.3, -0.25) is 4.79 Å². The van der Waals surface area contributed by atoms with Gasteiger partial charge < -0.3 is 20.3 Å². The fourth-order valence-corrected chi connectivity index (χ4v) is 2.45. The van der Waals surface area contributed by atoms with Crippen LogP contribution in [0.5, 0.6) is 0 Å². The summed E-state index contributed by atoms with van der Waals surface area (Å²) in [6, 6.07) is 0.686. The molecule has 1 heterocycles. The number of likely N-dealkylation sites (tertiary alicyclic amines) is 1. The van der Waals surface area contributed by atoms with Gasteiger partial charge in [-0.05, 0) is 60.3 Å². The molecular weight excluding hydrogens is 242 g/mol. The lowest BCUT2D eigenvalue weighted by molar-refractivity contribution is -0.149. The average molecular weight is 271 g/mol. The molecular formula is C14H29N3O2. The van der Waals surface area contributed by atoms with E-state index < -0.39 is 5.54 Å². The zero-order chi connectivity index (χ0) is 14.5. The fourth-order valence-electron chi connectivity index (χ4n) is 2.45. The number of carbonyl (C=O) groups is 1. The summed E-state index contributed by atoms with van der Waals surface area (Å²) in [5, 5.41) is 0. The summed E-state index contributed by atoms with van der Waals surface area (Å²) in [5.41, 5.74) is 5.16. The Labute approximate surface area is 117 Å². The molecule has 5 heteroatoms. The topological polar surface area (TPSA) is 58.8 Å². The molecule has 1 saturated heterocycles. The van der Waals surface area contributed by atoms with Crippen molar-refractivity contribution >= 4 is 5.97 Å². The lowest BCUT2D eigenvalue weighted by atomic mass is 9.97. The summed E-state index contributed by atoms with van der Waals surface area (Å²) >= 11 is 0. The van der Waals surface area contributed by atoms with Gasteiger partial charge in [0.15, 0.2) is 0 Å². The Kier molecular flexibility index (Phi) is 6.23. The third-order valence-electron chi connectivity index (χ3n) is 3.98. The maximum atomic E-state index is 11.7. The van der Waals surface area contributed by atoms with E-state index in [0.717, 1.165) is 19.6 Å². The molecule has 1 atom stereocenters. The van der Waals surface area contributed by atoms with Crippen LogP contribution in [0, 0.1) is 0 Å². The van der Waals surface area contributed by atoms with E-state index in [4.69, 9.17) is 10.5 Å². The number of nitrogens with zero attached hydrogens (tertiary/aromatic N) is 2. The maximum absolute atomic E-state index is 11.7. The second-order valence-corrected chi connectivity index (χ2v) is 5.92. The van der Waals surface area contributed by atoms with E-state index in [1.165, 1.54) is 12.8 Å². The highest BCUT2D eigenvalue weighted by Gasteiger charge is 2.31. The fraction of sp³-hybridized carbons (Fsp3) is 0.929. The molecule has 5 nitrogen and oxygen atoms in total. The lowest BCUT2D eigenvalue weighted by Gasteiger charge is -2.36. The third kappa shape index (κ3) is 5.09. The van der Waals surface area contributed by atoms with E-state index in [2.05, 4.69) is 23.9 Å². The van der Waals surface area contributed by atoms with Crippen molar-refractivity contribution in [3.63, 3.8) is 0 Å². The largest absolute Gasteiger partial charge is 0.465 e. The molecule has 0 radical (unpaired) electrons. The zero-order valence-electron chi connectivity index (χ0n) is 12.8. The summed E-state index contributed by atoms with van der Waals surface area (Å²) in [6.07, 6.45) is 3.03. The Morgan fingerprint density at radius 3 is 2.47 bits per heavy atom. The van der Waals surface area contributed by atoms with E-state index >= 15 is 0 Å². The van der Waals surface area contributed by atoms with E-state index in [0.29, 0.717) is 19.1 Å². The number of hydrogen-bond acceptors (Lipinski definition) is 5. The van der Waals surface area contributed by atoms with Gasteiger partial charge in [0.1, 0.15) is 5.54 Å². The predicted octanol–water partition coefficient (Wildman–Crippen LogP) is 0.683. The highest BCUT2D eigenvalue weighted by molar-refractivity contribution is 5.79. The summed E-state index contributed by atoms with van der Waals surface area (Å²) < 4.78 is 5.01. The molecule has 0 aromatic heterocycles. The van der Waals surface area contributed by atoms with Gasteiger partial charge >= 0.3 is 5.97 Å². The number of piperidine rings is 1. The summed E-state index contributed by atoms with van der Waals surface area (Å²) in [6.45, 7) is 6.99. The number of carbonyl (C=O) groups excluding carboxylic acids is 1. The molecule has 0 aromatic rings. The first-order valence-corrected chi connectivity index (χ1v) is 7.21. The molecule has 2 N–H and O–H groups in total. The number of rotatable bonds is 6. The van der Waals surface area contributed by atoms with Crippen molar-refractivity contribution in [1.29, 1.82) is 0 Å². The Bertz CT molecular complexity index is 284. The van der Waals surface area contributed by atoms with E-state index in [1.54, 1.807) is 13.8 Å². The Morgan fingerprint density at radius 2 is 2.00 bits per heavy atom. The first-order chi connectivity index (χ1) is 8.86. The molecule has 0 spiro atoms. The first kappa shape index (κ1) is 16.4. The van der Waals surface area contributed by atoms with Crippen LogP contribution in [0.3, 0.4) is 0 Å². The van der Waals surface area contributed by atoms with Gasteiger partial charge in [-0.1, -0.05) is 0 Å². The number of esters is 1. The Balaban J connectivity index is 2.32. The minimum absolute atomic E-state index is 0.293. The molecule has 0 bridgehead atoms. The molecule has 1 unspecified atom stereocenters. The number of hydrogen-bond donors (Lipinski definition) is 1.